The van der Waals surface area contributed by atoms with Gasteiger partial charge in [-0.2, -0.15) is 0 Å². The molecule has 0 spiro atoms. The molecule has 1 fully saturated rings. The molecule has 1 heterocycles. The van der Waals surface area contributed by atoms with Crippen LogP contribution in [-0.2, 0) is 0 Å². The van der Waals surface area contributed by atoms with Crippen molar-refractivity contribution in [1.29, 1.82) is 0 Å². The first-order chi connectivity index (χ1) is 13.0. The van der Waals surface area contributed by atoms with Crippen LogP contribution in [0.15, 0.2) is 36.4 Å². The molecule has 3 rings (SSSR count). The fraction of sp³-hybridized carbons (Fsp3) is 0.350. The lowest BCUT2D eigenvalue weighted by Crippen LogP contribution is -3.12. The highest BCUT2D eigenvalue weighted by molar-refractivity contribution is 6.33. The summed E-state index contributed by atoms with van der Waals surface area (Å²) in [7, 11) is 5.29. The lowest BCUT2D eigenvalue weighted by Gasteiger charge is -2.32. The van der Waals surface area contributed by atoms with Gasteiger partial charge in [0.1, 0.15) is 11.5 Å². The molecule has 2 N–H and O–H groups in total. The van der Waals surface area contributed by atoms with Gasteiger partial charge in [0, 0.05) is 11.8 Å². The maximum Gasteiger partial charge on any atom is 0.259 e. The lowest BCUT2D eigenvalue weighted by molar-refractivity contribution is -0.880. The second-order valence-corrected chi connectivity index (χ2v) is 7.04. The molecule has 7 heteroatoms. The Morgan fingerprint density at radius 2 is 1.85 bits per heavy atom. The molecule has 0 bridgehead atoms. The van der Waals surface area contributed by atoms with Crippen LogP contribution in [0.1, 0.15) is 10.4 Å². The Labute approximate surface area is 164 Å². The van der Waals surface area contributed by atoms with E-state index in [2.05, 4.69) is 17.3 Å². The zero-order valence-electron chi connectivity index (χ0n) is 15.8. The summed E-state index contributed by atoms with van der Waals surface area (Å²) in [6, 6.07) is 10.7. The van der Waals surface area contributed by atoms with E-state index in [1.54, 1.807) is 31.4 Å². The van der Waals surface area contributed by atoms with Crippen molar-refractivity contribution < 1.29 is 19.2 Å². The lowest BCUT2D eigenvalue weighted by atomic mass is 10.1. The minimum Gasteiger partial charge on any atom is -0.497 e. The number of piperazine rings is 1. The molecule has 1 amide bonds. The summed E-state index contributed by atoms with van der Waals surface area (Å²) in [5.41, 5.74) is 2.08. The molecule has 2 aromatic rings. The summed E-state index contributed by atoms with van der Waals surface area (Å²) in [6.45, 7) is 4.12. The number of amides is 1. The van der Waals surface area contributed by atoms with Crippen LogP contribution >= 0.6 is 11.6 Å². The second kappa shape index (κ2) is 8.50. The monoisotopic (exact) mass is 390 g/mol. The van der Waals surface area contributed by atoms with Gasteiger partial charge in [-0.05, 0) is 30.3 Å². The summed E-state index contributed by atoms with van der Waals surface area (Å²) >= 11 is 6.49. The van der Waals surface area contributed by atoms with E-state index in [4.69, 9.17) is 21.1 Å². The van der Waals surface area contributed by atoms with E-state index < -0.39 is 0 Å². The number of methoxy groups -OCH3 is 2. The van der Waals surface area contributed by atoms with Crippen LogP contribution in [0, 0.1) is 0 Å². The fourth-order valence-corrected chi connectivity index (χ4v) is 3.46. The number of nitrogens with zero attached hydrogens (tertiary/aromatic N) is 1. The topological polar surface area (TPSA) is 55.2 Å². The molecular weight excluding hydrogens is 366 g/mol. The molecule has 0 saturated carbocycles. The Balaban J connectivity index is 1.74. The van der Waals surface area contributed by atoms with Gasteiger partial charge in [-0.25, -0.2) is 0 Å². The number of likely N-dealkylation sites (N-methyl/N-ethyl adjacent to an activating group) is 1. The van der Waals surface area contributed by atoms with Crippen molar-refractivity contribution in [2.75, 3.05) is 57.7 Å². The van der Waals surface area contributed by atoms with Gasteiger partial charge in [-0.1, -0.05) is 11.6 Å². The van der Waals surface area contributed by atoms with Crippen molar-refractivity contribution >= 4 is 28.9 Å². The van der Waals surface area contributed by atoms with E-state index in [0.29, 0.717) is 27.8 Å². The van der Waals surface area contributed by atoms with Crippen LogP contribution in [0.25, 0.3) is 0 Å². The van der Waals surface area contributed by atoms with Crippen LogP contribution in [0.3, 0.4) is 0 Å². The molecular formula is C20H25ClN3O3+. The maximum absolute atomic E-state index is 12.6. The molecule has 2 aromatic carbocycles. The zero-order valence-corrected chi connectivity index (χ0v) is 16.6. The fourth-order valence-electron chi connectivity index (χ4n) is 3.15. The predicted octanol–water partition coefficient (Wildman–Crippen LogP) is 1.94. The number of halogens is 1. The number of hydrogen-bond acceptors (Lipinski definition) is 4. The number of carbonyl (C=O) groups excluding carboxylic acids is 1. The Kier molecular flexibility index (Phi) is 6.08. The summed E-state index contributed by atoms with van der Waals surface area (Å²) < 4.78 is 10.5. The minimum atomic E-state index is -0.262. The molecule has 1 saturated heterocycles. The van der Waals surface area contributed by atoms with Gasteiger partial charge >= 0.3 is 0 Å². The van der Waals surface area contributed by atoms with Crippen molar-refractivity contribution in [3.63, 3.8) is 0 Å². The molecule has 0 unspecified atom stereocenters. The highest BCUT2D eigenvalue weighted by Crippen LogP contribution is 2.30. The number of benzene rings is 2. The summed E-state index contributed by atoms with van der Waals surface area (Å²) in [6.07, 6.45) is 0. The number of quaternary nitrogens is 1. The average molecular weight is 391 g/mol. The van der Waals surface area contributed by atoms with E-state index in [9.17, 15) is 4.79 Å². The number of nitrogens with one attached hydrogen (secondary N) is 2. The standard InChI is InChI=1S/C20H24ClN3O3/c1-23-8-10-24(11-9-23)18-7-4-14(12-17(18)21)22-20(25)16-6-5-15(26-2)13-19(16)27-3/h4-7,12-13H,8-11H2,1-3H3,(H,22,25)/p+1. The highest BCUT2D eigenvalue weighted by Gasteiger charge is 2.20. The predicted molar refractivity (Wildman–Crippen MR) is 108 cm³/mol. The van der Waals surface area contributed by atoms with Crippen LogP contribution < -0.4 is 24.6 Å². The van der Waals surface area contributed by atoms with E-state index in [-0.39, 0.29) is 5.91 Å². The van der Waals surface area contributed by atoms with E-state index in [0.717, 1.165) is 31.9 Å². The van der Waals surface area contributed by atoms with Crippen LogP contribution in [0.4, 0.5) is 11.4 Å². The minimum absolute atomic E-state index is 0.262. The molecule has 27 heavy (non-hydrogen) atoms. The number of carbonyl (C=O) groups is 1. The van der Waals surface area contributed by atoms with Gasteiger partial charge in [0.15, 0.2) is 0 Å². The maximum atomic E-state index is 12.6. The van der Waals surface area contributed by atoms with Crippen molar-refractivity contribution in [2.45, 2.75) is 0 Å². The third-order valence-electron chi connectivity index (χ3n) is 4.82. The average Bonchev–Trinajstić information content (AvgIpc) is 2.68. The largest absolute Gasteiger partial charge is 0.497 e. The number of rotatable bonds is 5. The molecule has 1 aliphatic rings. The second-order valence-electron chi connectivity index (χ2n) is 6.63. The van der Waals surface area contributed by atoms with E-state index in [1.165, 1.54) is 12.0 Å². The molecule has 0 radical (unpaired) electrons. The molecule has 0 aromatic heterocycles. The molecule has 144 valence electrons. The van der Waals surface area contributed by atoms with Gasteiger partial charge in [-0.15, -0.1) is 0 Å². The Morgan fingerprint density at radius 1 is 1.11 bits per heavy atom. The Bertz CT molecular complexity index is 820. The smallest absolute Gasteiger partial charge is 0.259 e. The quantitative estimate of drug-likeness (QED) is 0.819. The Hall–Kier alpha value is -2.44. The highest BCUT2D eigenvalue weighted by atomic mass is 35.5. The molecule has 1 aliphatic heterocycles. The third kappa shape index (κ3) is 4.46. The van der Waals surface area contributed by atoms with Crippen molar-refractivity contribution in [2.24, 2.45) is 0 Å². The third-order valence-corrected chi connectivity index (χ3v) is 5.12. The van der Waals surface area contributed by atoms with Crippen LogP contribution in [0.2, 0.25) is 5.02 Å². The molecule has 6 nitrogen and oxygen atoms in total. The first-order valence-electron chi connectivity index (χ1n) is 8.91. The van der Waals surface area contributed by atoms with E-state index in [1.807, 2.05) is 12.1 Å². The summed E-state index contributed by atoms with van der Waals surface area (Å²) in [5, 5.41) is 3.51. The summed E-state index contributed by atoms with van der Waals surface area (Å²) in [5.74, 6) is 0.820. The van der Waals surface area contributed by atoms with Crippen molar-refractivity contribution in [3.05, 3.63) is 47.0 Å². The van der Waals surface area contributed by atoms with Gasteiger partial charge in [0.05, 0.1) is 63.7 Å². The van der Waals surface area contributed by atoms with Crippen molar-refractivity contribution in [1.82, 2.24) is 0 Å². The summed E-state index contributed by atoms with van der Waals surface area (Å²) in [4.78, 5) is 16.5. The van der Waals surface area contributed by atoms with Gasteiger partial charge in [0.2, 0.25) is 0 Å². The number of hydrogen-bond donors (Lipinski definition) is 2. The normalized spacial score (nSPS) is 14.7. The number of anilines is 2. The first kappa shape index (κ1) is 19.3. The number of ether oxygens (including phenoxy) is 2. The SMILES string of the molecule is COc1ccc(C(=O)Nc2ccc(N3CC[NH+](C)CC3)c(Cl)c2)c(OC)c1. The molecule has 0 aliphatic carbocycles. The van der Waals surface area contributed by atoms with Crippen LogP contribution in [-0.4, -0.2) is 53.4 Å². The van der Waals surface area contributed by atoms with E-state index >= 15 is 0 Å². The molecule has 0 atom stereocenters. The van der Waals surface area contributed by atoms with Crippen LogP contribution in [0.5, 0.6) is 11.5 Å². The van der Waals surface area contributed by atoms with Gasteiger partial charge in [-0.3, -0.25) is 4.79 Å². The van der Waals surface area contributed by atoms with Crippen molar-refractivity contribution in [3.8, 4) is 11.5 Å². The first-order valence-corrected chi connectivity index (χ1v) is 9.29. The van der Waals surface area contributed by atoms with Gasteiger partial charge < -0.3 is 24.6 Å². The Morgan fingerprint density at radius 3 is 2.48 bits per heavy atom. The zero-order chi connectivity index (χ0) is 19.4. The van der Waals surface area contributed by atoms with Gasteiger partial charge in [0.25, 0.3) is 5.91 Å².